The van der Waals surface area contributed by atoms with Crippen LogP contribution in [0, 0.1) is 0 Å². The van der Waals surface area contributed by atoms with Crippen LogP contribution in [0.15, 0.2) is 78.9 Å². The van der Waals surface area contributed by atoms with Gasteiger partial charge >= 0.3 is 6.03 Å². The van der Waals surface area contributed by atoms with Gasteiger partial charge in [-0.3, -0.25) is 19.4 Å². The van der Waals surface area contributed by atoms with Gasteiger partial charge in [-0.25, -0.2) is 4.79 Å². The number of benzene rings is 3. The third-order valence-corrected chi connectivity index (χ3v) is 5.57. The quantitative estimate of drug-likeness (QED) is 0.594. The van der Waals surface area contributed by atoms with E-state index in [1.165, 1.54) is 9.80 Å². The van der Waals surface area contributed by atoms with Crippen molar-refractivity contribution in [3.8, 4) is 0 Å². The standard InChI is InChI=1S/C26H27N5O3/c1-29(2)21-14-12-19(13-15-21)16-27-24(32)17-30-22-10-6-7-11-23(22)31(18-25(30)33)26(34)28-20-8-4-3-5-9-20/h3-15H,16-18H2,1-2H3,(H,27,32)(H,28,34). The molecule has 0 aliphatic carbocycles. The summed E-state index contributed by atoms with van der Waals surface area (Å²) >= 11 is 0. The first kappa shape index (κ1) is 22.8. The molecule has 0 aromatic heterocycles. The second kappa shape index (κ2) is 10.1. The van der Waals surface area contributed by atoms with Gasteiger partial charge in [-0.15, -0.1) is 0 Å². The molecule has 3 aromatic rings. The molecule has 3 aromatic carbocycles. The van der Waals surface area contributed by atoms with Crippen molar-refractivity contribution in [2.24, 2.45) is 0 Å². The zero-order valence-corrected chi connectivity index (χ0v) is 19.2. The minimum absolute atomic E-state index is 0.125. The molecule has 1 aliphatic heterocycles. The molecule has 0 atom stereocenters. The van der Waals surface area contributed by atoms with Gasteiger partial charge in [0.15, 0.2) is 0 Å². The van der Waals surface area contributed by atoms with Crippen LogP contribution in [0.3, 0.4) is 0 Å². The molecule has 0 bridgehead atoms. The molecule has 0 saturated heterocycles. The summed E-state index contributed by atoms with van der Waals surface area (Å²) in [6.45, 7) is 0.0799. The van der Waals surface area contributed by atoms with Gasteiger partial charge in [0.05, 0.1) is 11.4 Å². The summed E-state index contributed by atoms with van der Waals surface area (Å²) in [6.07, 6.45) is 0. The number of amides is 4. The molecule has 8 nitrogen and oxygen atoms in total. The predicted molar refractivity (Wildman–Crippen MR) is 134 cm³/mol. The Labute approximate surface area is 198 Å². The van der Waals surface area contributed by atoms with Crippen molar-refractivity contribution in [2.75, 3.05) is 47.2 Å². The maximum Gasteiger partial charge on any atom is 0.326 e. The lowest BCUT2D eigenvalue weighted by Gasteiger charge is -2.35. The molecule has 0 spiro atoms. The lowest BCUT2D eigenvalue weighted by molar-refractivity contribution is -0.123. The fourth-order valence-electron chi connectivity index (χ4n) is 3.74. The summed E-state index contributed by atoms with van der Waals surface area (Å²) in [7, 11) is 3.94. The van der Waals surface area contributed by atoms with Crippen molar-refractivity contribution in [1.29, 1.82) is 0 Å². The van der Waals surface area contributed by atoms with E-state index in [9.17, 15) is 14.4 Å². The Bertz CT molecular complexity index is 1180. The SMILES string of the molecule is CN(C)c1ccc(CNC(=O)CN2C(=O)CN(C(=O)Nc3ccccc3)c3ccccc32)cc1. The molecule has 2 N–H and O–H groups in total. The van der Waals surface area contributed by atoms with Crippen molar-refractivity contribution >= 4 is 40.6 Å². The Kier molecular flexibility index (Phi) is 6.77. The van der Waals surface area contributed by atoms with E-state index in [2.05, 4.69) is 10.6 Å². The number of nitrogens with zero attached hydrogens (tertiary/aromatic N) is 3. The maximum atomic E-state index is 13.0. The molecule has 8 heteroatoms. The zero-order chi connectivity index (χ0) is 24.1. The number of urea groups is 1. The third-order valence-electron chi connectivity index (χ3n) is 5.57. The Balaban J connectivity index is 1.43. The molecule has 0 unspecified atom stereocenters. The fraction of sp³-hybridized carbons (Fsp3) is 0.192. The summed E-state index contributed by atoms with van der Waals surface area (Å²) in [5.41, 5.74) is 3.77. The molecule has 4 rings (SSSR count). The van der Waals surface area contributed by atoms with E-state index < -0.39 is 6.03 Å². The highest BCUT2D eigenvalue weighted by Gasteiger charge is 2.33. The van der Waals surface area contributed by atoms with Gasteiger partial charge in [0.1, 0.15) is 13.1 Å². The first-order chi connectivity index (χ1) is 16.4. The second-order valence-corrected chi connectivity index (χ2v) is 8.19. The highest BCUT2D eigenvalue weighted by atomic mass is 16.2. The molecule has 0 radical (unpaired) electrons. The zero-order valence-electron chi connectivity index (χ0n) is 19.2. The Morgan fingerprint density at radius 3 is 2.21 bits per heavy atom. The van der Waals surface area contributed by atoms with Gasteiger partial charge in [-0.05, 0) is 42.0 Å². The summed E-state index contributed by atoms with van der Waals surface area (Å²) in [4.78, 5) is 43.3. The number of para-hydroxylation sites is 3. The summed E-state index contributed by atoms with van der Waals surface area (Å²) in [5, 5.41) is 5.69. The van der Waals surface area contributed by atoms with Crippen LogP contribution in [0.25, 0.3) is 0 Å². The van der Waals surface area contributed by atoms with Crippen LogP contribution in [0.4, 0.5) is 27.5 Å². The van der Waals surface area contributed by atoms with E-state index in [4.69, 9.17) is 0 Å². The first-order valence-corrected chi connectivity index (χ1v) is 11.0. The molecule has 4 amide bonds. The molecule has 34 heavy (non-hydrogen) atoms. The minimum atomic E-state index is -0.405. The van der Waals surface area contributed by atoms with Gasteiger partial charge in [-0.1, -0.05) is 42.5 Å². The molecule has 0 fully saturated rings. The van der Waals surface area contributed by atoms with Crippen molar-refractivity contribution in [1.82, 2.24) is 5.32 Å². The Morgan fingerprint density at radius 2 is 1.53 bits per heavy atom. The molecular formula is C26H27N5O3. The average molecular weight is 458 g/mol. The van der Waals surface area contributed by atoms with Crippen molar-refractivity contribution in [3.05, 3.63) is 84.4 Å². The number of hydrogen-bond donors (Lipinski definition) is 2. The van der Waals surface area contributed by atoms with Gasteiger partial charge in [0.25, 0.3) is 0 Å². The predicted octanol–water partition coefficient (Wildman–Crippen LogP) is 3.45. The monoisotopic (exact) mass is 457 g/mol. The van der Waals surface area contributed by atoms with Crippen LogP contribution in [-0.4, -0.2) is 45.0 Å². The van der Waals surface area contributed by atoms with Crippen LogP contribution in [0.1, 0.15) is 5.56 Å². The highest BCUT2D eigenvalue weighted by molar-refractivity contribution is 6.15. The maximum absolute atomic E-state index is 13.0. The summed E-state index contributed by atoms with van der Waals surface area (Å²) in [6, 6.07) is 23.6. The number of rotatable bonds is 6. The number of hydrogen-bond acceptors (Lipinski definition) is 4. The van der Waals surface area contributed by atoms with Crippen molar-refractivity contribution in [3.63, 3.8) is 0 Å². The molecule has 174 valence electrons. The van der Waals surface area contributed by atoms with Crippen LogP contribution < -0.4 is 25.3 Å². The molecule has 1 aliphatic rings. The lowest BCUT2D eigenvalue weighted by atomic mass is 10.1. The number of carbonyl (C=O) groups is 3. The van der Waals surface area contributed by atoms with E-state index in [1.807, 2.05) is 61.5 Å². The topological polar surface area (TPSA) is 85.0 Å². The van der Waals surface area contributed by atoms with Gasteiger partial charge in [0, 0.05) is 32.0 Å². The van der Waals surface area contributed by atoms with E-state index in [1.54, 1.807) is 36.4 Å². The molecule has 1 heterocycles. The minimum Gasteiger partial charge on any atom is -0.378 e. The largest absolute Gasteiger partial charge is 0.378 e. The summed E-state index contributed by atoms with van der Waals surface area (Å²) < 4.78 is 0. The van der Waals surface area contributed by atoms with Gasteiger partial charge in [-0.2, -0.15) is 0 Å². The Morgan fingerprint density at radius 1 is 0.882 bits per heavy atom. The van der Waals surface area contributed by atoms with Gasteiger partial charge < -0.3 is 15.5 Å². The van der Waals surface area contributed by atoms with E-state index in [-0.39, 0.29) is 24.9 Å². The number of fused-ring (bicyclic) bond motifs is 1. The first-order valence-electron chi connectivity index (χ1n) is 11.0. The third kappa shape index (κ3) is 5.17. The highest BCUT2D eigenvalue weighted by Crippen LogP contribution is 2.33. The van der Waals surface area contributed by atoms with E-state index in [0.29, 0.717) is 23.6 Å². The number of nitrogens with one attached hydrogen (secondary N) is 2. The average Bonchev–Trinajstić information content (AvgIpc) is 2.85. The van der Waals surface area contributed by atoms with Crippen molar-refractivity contribution in [2.45, 2.75) is 6.54 Å². The second-order valence-electron chi connectivity index (χ2n) is 8.19. The Hall–Kier alpha value is -4.33. The smallest absolute Gasteiger partial charge is 0.326 e. The van der Waals surface area contributed by atoms with E-state index >= 15 is 0 Å². The van der Waals surface area contributed by atoms with Crippen LogP contribution in [0.5, 0.6) is 0 Å². The number of anilines is 4. The van der Waals surface area contributed by atoms with Crippen LogP contribution in [-0.2, 0) is 16.1 Å². The summed E-state index contributed by atoms with van der Waals surface area (Å²) in [5.74, 6) is -0.602. The lowest BCUT2D eigenvalue weighted by Crippen LogP contribution is -2.51. The molecular weight excluding hydrogens is 430 g/mol. The van der Waals surface area contributed by atoms with Crippen LogP contribution in [0.2, 0.25) is 0 Å². The molecule has 0 saturated carbocycles. The van der Waals surface area contributed by atoms with Gasteiger partial charge in [0.2, 0.25) is 11.8 Å². The van der Waals surface area contributed by atoms with Crippen molar-refractivity contribution < 1.29 is 14.4 Å². The number of carbonyl (C=O) groups excluding carboxylic acids is 3. The fourth-order valence-corrected chi connectivity index (χ4v) is 3.74. The normalized spacial score (nSPS) is 12.7. The van der Waals surface area contributed by atoms with Crippen LogP contribution >= 0.6 is 0 Å². The van der Waals surface area contributed by atoms with E-state index in [0.717, 1.165) is 11.3 Å².